The average Bonchev–Trinajstić information content (AvgIpc) is 2.62. The number of rotatable bonds is 0. The molecule has 1 N–H and O–H groups in total. The van der Waals surface area contributed by atoms with Crippen LogP contribution in [0.15, 0.2) is 36.5 Å². The van der Waals surface area contributed by atoms with Gasteiger partial charge in [-0.15, -0.1) is 11.3 Å². The molecule has 2 heteroatoms. The first kappa shape index (κ1) is 6.26. The van der Waals surface area contributed by atoms with Crippen molar-refractivity contribution >= 4 is 31.6 Å². The van der Waals surface area contributed by atoms with Crippen LogP contribution in [0.2, 0.25) is 0 Å². The third-order valence-electron chi connectivity index (χ3n) is 2.09. The van der Waals surface area contributed by atoms with Gasteiger partial charge in [0.05, 0.1) is 10.2 Å². The Labute approximate surface area is 73.6 Å². The van der Waals surface area contributed by atoms with Crippen molar-refractivity contribution < 1.29 is 0 Å². The predicted molar refractivity (Wildman–Crippen MR) is 53.7 cm³/mol. The highest BCUT2D eigenvalue weighted by molar-refractivity contribution is 7.25. The molecule has 0 amide bonds. The van der Waals surface area contributed by atoms with Crippen molar-refractivity contribution in [3.8, 4) is 0 Å². The monoisotopic (exact) mass is 173 g/mol. The predicted octanol–water partition coefficient (Wildman–Crippen LogP) is 3.38. The maximum absolute atomic E-state index is 3.25. The zero-order chi connectivity index (χ0) is 7.97. The van der Waals surface area contributed by atoms with Gasteiger partial charge in [-0.1, -0.05) is 18.2 Å². The second-order valence-corrected chi connectivity index (χ2v) is 3.90. The van der Waals surface area contributed by atoms with Gasteiger partial charge >= 0.3 is 0 Å². The third-order valence-corrected chi connectivity index (χ3v) is 3.22. The largest absolute Gasteiger partial charge is 0.360 e. The first-order valence-electron chi connectivity index (χ1n) is 3.90. The molecule has 58 valence electrons. The average molecular weight is 173 g/mol. The number of nitrogens with one attached hydrogen (secondary N) is 1. The van der Waals surface area contributed by atoms with Gasteiger partial charge in [0.15, 0.2) is 0 Å². The maximum Gasteiger partial charge on any atom is 0.0643 e. The number of benzene rings is 1. The fraction of sp³-hybridized carbons (Fsp3) is 0. The Bertz CT molecular complexity index is 532. The summed E-state index contributed by atoms with van der Waals surface area (Å²) in [6.07, 6.45) is 1.99. The van der Waals surface area contributed by atoms with E-state index in [1.807, 2.05) is 17.5 Å². The van der Waals surface area contributed by atoms with Crippen LogP contribution in [0.5, 0.6) is 0 Å². The highest BCUT2D eigenvalue weighted by Gasteiger charge is 2.02. The highest BCUT2D eigenvalue weighted by atomic mass is 32.1. The van der Waals surface area contributed by atoms with Crippen molar-refractivity contribution in [2.75, 3.05) is 0 Å². The molecule has 0 fully saturated rings. The smallest absolute Gasteiger partial charge is 0.0643 e. The number of aromatic nitrogens is 1. The number of fused-ring (bicyclic) bond motifs is 3. The van der Waals surface area contributed by atoms with Gasteiger partial charge in [-0.2, -0.15) is 0 Å². The van der Waals surface area contributed by atoms with E-state index in [4.69, 9.17) is 0 Å². The SMILES string of the molecule is c1ccc2c(c1)sc1cc[nH]c12. The van der Waals surface area contributed by atoms with Gasteiger partial charge in [0.1, 0.15) is 0 Å². The highest BCUT2D eigenvalue weighted by Crippen LogP contribution is 2.32. The minimum atomic E-state index is 1.27. The van der Waals surface area contributed by atoms with Crippen molar-refractivity contribution in [2.24, 2.45) is 0 Å². The van der Waals surface area contributed by atoms with Gasteiger partial charge in [0.25, 0.3) is 0 Å². The van der Waals surface area contributed by atoms with Crippen molar-refractivity contribution in [1.29, 1.82) is 0 Å². The molecule has 3 aromatic rings. The number of thiophene rings is 1. The zero-order valence-electron chi connectivity index (χ0n) is 6.37. The molecule has 0 unspecified atom stereocenters. The van der Waals surface area contributed by atoms with Crippen LogP contribution in [0.1, 0.15) is 0 Å². The Hall–Kier alpha value is -1.28. The second kappa shape index (κ2) is 2.11. The van der Waals surface area contributed by atoms with Crippen molar-refractivity contribution in [2.45, 2.75) is 0 Å². The summed E-state index contributed by atoms with van der Waals surface area (Å²) in [4.78, 5) is 3.25. The summed E-state index contributed by atoms with van der Waals surface area (Å²) in [5.41, 5.74) is 1.27. The summed E-state index contributed by atoms with van der Waals surface area (Å²) in [5, 5.41) is 1.34. The number of hydrogen-bond donors (Lipinski definition) is 1. The Morgan fingerprint density at radius 2 is 1.92 bits per heavy atom. The first-order chi connectivity index (χ1) is 5.95. The minimum absolute atomic E-state index is 1.27. The van der Waals surface area contributed by atoms with Gasteiger partial charge in [0, 0.05) is 16.3 Å². The van der Waals surface area contributed by atoms with Crippen LogP contribution in [-0.2, 0) is 0 Å². The molecule has 2 aromatic heterocycles. The lowest BCUT2D eigenvalue weighted by atomic mass is 10.2. The minimum Gasteiger partial charge on any atom is -0.360 e. The van der Waals surface area contributed by atoms with Gasteiger partial charge in [0.2, 0.25) is 0 Å². The molecule has 0 bridgehead atoms. The summed E-state index contributed by atoms with van der Waals surface area (Å²) in [7, 11) is 0. The van der Waals surface area contributed by atoms with E-state index in [-0.39, 0.29) is 0 Å². The zero-order valence-corrected chi connectivity index (χ0v) is 7.19. The van der Waals surface area contributed by atoms with E-state index in [0.717, 1.165) is 0 Å². The second-order valence-electron chi connectivity index (χ2n) is 2.82. The fourth-order valence-electron chi connectivity index (χ4n) is 1.53. The fourth-order valence-corrected chi connectivity index (χ4v) is 2.60. The molecule has 0 atom stereocenters. The maximum atomic E-state index is 3.25. The van der Waals surface area contributed by atoms with Crippen LogP contribution in [-0.4, -0.2) is 4.98 Å². The Kier molecular flexibility index (Phi) is 1.10. The molecule has 0 aliphatic heterocycles. The van der Waals surface area contributed by atoms with Crippen LogP contribution >= 0.6 is 11.3 Å². The summed E-state index contributed by atoms with van der Waals surface area (Å²) in [6, 6.07) is 10.6. The molecule has 0 aliphatic carbocycles. The molecule has 0 aliphatic rings. The summed E-state index contributed by atoms with van der Waals surface area (Å²) < 4.78 is 2.70. The lowest BCUT2D eigenvalue weighted by Crippen LogP contribution is -1.62. The van der Waals surface area contributed by atoms with Crippen molar-refractivity contribution in [3.63, 3.8) is 0 Å². The lowest BCUT2D eigenvalue weighted by Gasteiger charge is -1.85. The molecule has 3 rings (SSSR count). The quantitative estimate of drug-likeness (QED) is 0.536. The van der Waals surface area contributed by atoms with Gasteiger partial charge in [-0.05, 0) is 12.1 Å². The molecule has 2 heterocycles. The number of H-pyrrole nitrogens is 1. The van der Waals surface area contributed by atoms with E-state index in [1.165, 1.54) is 20.3 Å². The molecule has 1 aromatic carbocycles. The Morgan fingerprint density at radius 3 is 2.92 bits per heavy atom. The Balaban J connectivity index is 2.68. The number of aromatic amines is 1. The molecular formula is C10H7NS. The van der Waals surface area contributed by atoms with E-state index in [1.54, 1.807) is 0 Å². The molecule has 0 saturated carbocycles. The number of hydrogen-bond acceptors (Lipinski definition) is 1. The van der Waals surface area contributed by atoms with Crippen LogP contribution in [0.3, 0.4) is 0 Å². The van der Waals surface area contributed by atoms with E-state index in [0.29, 0.717) is 0 Å². The van der Waals surface area contributed by atoms with Crippen LogP contribution < -0.4 is 0 Å². The normalized spacial score (nSPS) is 11.3. The lowest BCUT2D eigenvalue weighted by molar-refractivity contribution is 1.49. The summed E-state index contributed by atoms with van der Waals surface area (Å²) in [6.45, 7) is 0. The molecular weight excluding hydrogens is 166 g/mol. The van der Waals surface area contributed by atoms with Crippen LogP contribution in [0.25, 0.3) is 20.3 Å². The van der Waals surface area contributed by atoms with Crippen molar-refractivity contribution in [3.05, 3.63) is 36.5 Å². The third kappa shape index (κ3) is 0.676. The summed E-state index contributed by atoms with van der Waals surface area (Å²) in [5.74, 6) is 0. The summed E-state index contributed by atoms with van der Waals surface area (Å²) >= 11 is 1.84. The molecule has 1 nitrogen and oxygen atoms in total. The topological polar surface area (TPSA) is 15.8 Å². The van der Waals surface area contributed by atoms with E-state index in [9.17, 15) is 0 Å². The first-order valence-corrected chi connectivity index (χ1v) is 4.71. The molecule has 0 radical (unpaired) electrons. The van der Waals surface area contributed by atoms with E-state index >= 15 is 0 Å². The van der Waals surface area contributed by atoms with Gasteiger partial charge in [-0.3, -0.25) is 0 Å². The van der Waals surface area contributed by atoms with E-state index in [2.05, 4.69) is 35.3 Å². The van der Waals surface area contributed by atoms with Crippen LogP contribution in [0.4, 0.5) is 0 Å². The molecule has 12 heavy (non-hydrogen) atoms. The van der Waals surface area contributed by atoms with Crippen molar-refractivity contribution in [1.82, 2.24) is 4.98 Å². The van der Waals surface area contributed by atoms with Crippen LogP contribution in [0, 0.1) is 0 Å². The van der Waals surface area contributed by atoms with Gasteiger partial charge < -0.3 is 4.98 Å². The Morgan fingerprint density at radius 1 is 1.00 bits per heavy atom. The van der Waals surface area contributed by atoms with Gasteiger partial charge in [-0.25, -0.2) is 0 Å². The molecule has 0 saturated heterocycles. The molecule has 0 spiro atoms. The van der Waals surface area contributed by atoms with E-state index < -0.39 is 0 Å². The standard InChI is InChI=1S/C10H7NS/c1-2-4-8-7(3-1)10-9(12-8)5-6-11-10/h1-6,11H.